The average molecular weight is 282 g/mol. The predicted molar refractivity (Wildman–Crippen MR) is 86.8 cm³/mol. The Bertz CT molecular complexity index is 323. The monoisotopic (exact) mass is 282 g/mol. The molecule has 1 N–H and O–H groups in total. The third-order valence-corrected chi connectivity index (χ3v) is 4.71. The molecule has 1 heterocycles. The highest BCUT2D eigenvalue weighted by Crippen LogP contribution is 2.23. The minimum atomic E-state index is 0.377. The van der Waals surface area contributed by atoms with Crippen LogP contribution in [0.25, 0.3) is 0 Å². The minimum Gasteiger partial charge on any atom is -0.316 e. The second-order valence-electron chi connectivity index (χ2n) is 5.72. The molecule has 0 radical (unpaired) electrons. The van der Waals surface area contributed by atoms with E-state index >= 15 is 0 Å². The average Bonchev–Trinajstić information content (AvgIpc) is 2.91. The first-order valence-corrected chi connectivity index (χ1v) is 8.47. The van der Waals surface area contributed by atoms with E-state index in [1.165, 1.54) is 24.3 Å². The van der Waals surface area contributed by atoms with Crippen LogP contribution in [-0.2, 0) is 6.54 Å². The fourth-order valence-electron chi connectivity index (χ4n) is 2.30. The maximum Gasteiger partial charge on any atom is 0.0328 e. The molecular weight excluding hydrogens is 252 g/mol. The lowest BCUT2D eigenvalue weighted by Gasteiger charge is -2.34. The van der Waals surface area contributed by atoms with Crippen molar-refractivity contribution in [2.24, 2.45) is 5.41 Å². The molecule has 1 atom stereocenters. The van der Waals surface area contributed by atoms with Gasteiger partial charge in [0, 0.05) is 24.5 Å². The smallest absolute Gasteiger partial charge is 0.0328 e. The first kappa shape index (κ1) is 16.7. The Morgan fingerprint density at radius 2 is 2.11 bits per heavy atom. The van der Waals surface area contributed by atoms with Gasteiger partial charge >= 0.3 is 0 Å². The normalized spacial score (nSPS) is 14.8. The molecule has 0 fully saturated rings. The Morgan fingerprint density at radius 3 is 2.63 bits per heavy atom. The van der Waals surface area contributed by atoms with Crippen molar-refractivity contribution in [1.29, 1.82) is 0 Å². The molecule has 110 valence electrons. The quantitative estimate of drug-likeness (QED) is 0.653. The SMILES string of the molecule is CCCNCC(C)(CC)CN(CC)Cc1cccs1. The van der Waals surface area contributed by atoms with E-state index in [0.29, 0.717) is 5.41 Å². The number of nitrogens with one attached hydrogen (secondary N) is 1. The largest absolute Gasteiger partial charge is 0.316 e. The van der Waals surface area contributed by atoms with E-state index in [-0.39, 0.29) is 0 Å². The second kappa shape index (κ2) is 8.72. The first-order chi connectivity index (χ1) is 9.13. The Kier molecular flexibility index (Phi) is 7.66. The number of hydrogen-bond acceptors (Lipinski definition) is 3. The van der Waals surface area contributed by atoms with E-state index in [1.807, 2.05) is 11.3 Å². The highest BCUT2D eigenvalue weighted by atomic mass is 32.1. The van der Waals surface area contributed by atoms with E-state index in [2.05, 4.69) is 55.4 Å². The fraction of sp³-hybridized carbons (Fsp3) is 0.750. The number of rotatable bonds is 10. The summed E-state index contributed by atoms with van der Waals surface area (Å²) in [5.41, 5.74) is 0.377. The van der Waals surface area contributed by atoms with Crippen LogP contribution in [0.15, 0.2) is 17.5 Å². The Morgan fingerprint density at radius 1 is 1.32 bits per heavy atom. The summed E-state index contributed by atoms with van der Waals surface area (Å²) in [4.78, 5) is 4.05. The van der Waals surface area contributed by atoms with Crippen molar-refractivity contribution in [3.05, 3.63) is 22.4 Å². The molecule has 0 aliphatic carbocycles. The molecule has 0 aromatic carbocycles. The Labute approximate surface area is 123 Å². The van der Waals surface area contributed by atoms with Gasteiger partial charge in [0.2, 0.25) is 0 Å². The first-order valence-electron chi connectivity index (χ1n) is 7.59. The van der Waals surface area contributed by atoms with Gasteiger partial charge in [-0.2, -0.15) is 0 Å². The summed E-state index contributed by atoms with van der Waals surface area (Å²) >= 11 is 1.86. The van der Waals surface area contributed by atoms with Gasteiger partial charge < -0.3 is 5.32 Å². The highest BCUT2D eigenvalue weighted by Gasteiger charge is 2.24. The van der Waals surface area contributed by atoms with Gasteiger partial charge in [-0.25, -0.2) is 0 Å². The standard InChI is InChI=1S/C16H30N2S/c1-5-10-17-13-16(4,6-2)14-18(7-3)12-15-9-8-11-19-15/h8-9,11,17H,5-7,10,12-14H2,1-4H3. The van der Waals surface area contributed by atoms with E-state index in [4.69, 9.17) is 0 Å². The molecular formula is C16H30N2S. The Balaban J connectivity index is 2.50. The second-order valence-corrected chi connectivity index (χ2v) is 6.76. The summed E-state index contributed by atoms with van der Waals surface area (Å²) in [5.74, 6) is 0. The summed E-state index contributed by atoms with van der Waals surface area (Å²) in [6.07, 6.45) is 2.44. The van der Waals surface area contributed by atoms with Crippen LogP contribution in [0.1, 0.15) is 45.4 Å². The van der Waals surface area contributed by atoms with Gasteiger partial charge in [0.05, 0.1) is 0 Å². The van der Waals surface area contributed by atoms with Crippen molar-refractivity contribution in [2.75, 3.05) is 26.2 Å². The van der Waals surface area contributed by atoms with Crippen LogP contribution in [0.3, 0.4) is 0 Å². The maximum atomic E-state index is 3.59. The van der Waals surface area contributed by atoms with Crippen molar-refractivity contribution in [3.8, 4) is 0 Å². The van der Waals surface area contributed by atoms with Crippen molar-refractivity contribution in [2.45, 2.75) is 47.1 Å². The molecule has 0 saturated carbocycles. The van der Waals surface area contributed by atoms with E-state index in [1.54, 1.807) is 0 Å². The molecule has 0 spiro atoms. The van der Waals surface area contributed by atoms with Crippen molar-refractivity contribution in [1.82, 2.24) is 10.2 Å². The van der Waals surface area contributed by atoms with Gasteiger partial charge in [0.25, 0.3) is 0 Å². The molecule has 1 rings (SSSR count). The third-order valence-electron chi connectivity index (χ3n) is 3.84. The molecule has 1 unspecified atom stereocenters. The summed E-state index contributed by atoms with van der Waals surface area (Å²) in [5, 5.41) is 5.76. The molecule has 2 nitrogen and oxygen atoms in total. The lowest BCUT2D eigenvalue weighted by molar-refractivity contribution is 0.156. The molecule has 3 heteroatoms. The zero-order valence-electron chi connectivity index (χ0n) is 13.0. The van der Waals surface area contributed by atoms with Crippen LogP contribution in [-0.4, -0.2) is 31.1 Å². The van der Waals surface area contributed by atoms with Crippen LogP contribution in [0.2, 0.25) is 0 Å². The van der Waals surface area contributed by atoms with Crippen LogP contribution in [0, 0.1) is 5.41 Å². The third kappa shape index (κ3) is 6.07. The number of thiophene rings is 1. The molecule has 1 aromatic rings. The van der Waals surface area contributed by atoms with Gasteiger partial charge in [0.1, 0.15) is 0 Å². The predicted octanol–water partition coefficient (Wildman–Crippen LogP) is 3.99. The van der Waals surface area contributed by atoms with Gasteiger partial charge in [0.15, 0.2) is 0 Å². The van der Waals surface area contributed by atoms with Gasteiger partial charge in [-0.1, -0.05) is 33.8 Å². The molecule has 19 heavy (non-hydrogen) atoms. The van der Waals surface area contributed by atoms with Crippen LogP contribution >= 0.6 is 11.3 Å². The van der Waals surface area contributed by atoms with Gasteiger partial charge in [-0.15, -0.1) is 11.3 Å². The maximum absolute atomic E-state index is 3.59. The van der Waals surface area contributed by atoms with Crippen molar-refractivity contribution < 1.29 is 0 Å². The number of hydrogen-bond donors (Lipinski definition) is 1. The van der Waals surface area contributed by atoms with Gasteiger partial charge in [-0.05, 0) is 42.8 Å². The summed E-state index contributed by atoms with van der Waals surface area (Å²) in [6.45, 7) is 14.9. The van der Waals surface area contributed by atoms with E-state index < -0.39 is 0 Å². The minimum absolute atomic E-state index is 0.377. The van der Waals surface area contributed by atoms with Crippen LogP contribution in [0.5, 0.6) is 0 Å². The molecule has 0 aliphatic heterocycles. The lowest BCUT2D eigenvalue weighted by atomic mass is 9.86. The van der Waals surface area contributed by atoms with E-state index in [9.17, 15) is 0 Å². The fourth-order valence-corrected chi connectivity index (χ4v) is 3.05. The Hall–Kier alpha value is -0.380. The van der Waals surface area contributed by atoms with Crippen LogP contribution < -0.4 is 5.32 Å². The molecule has 1 aromatic heterocycles. The summed E-state index contributed by atoms with van der Waals surface area (Å²) in [7, 11) is 0. The van der Waals surface area contributed by atoms with Gasteiger partial charge in [-0.3, -0.25) is 4.90 Å². The molecule has 0 amide bonds. The molecule has 0 aliphatic rings. The van der Waals surface area contributed by atoms with Crippen molar-refractivity contribution >= 4 is 11.3 Å². The summed E-state index contributed by atoms with van der Waals surface area (Å²) in [6, 6.07) is 4.39. The lowest BCUT2D eigenvalue weighted by Crippen LogP contribution is -2.41. The number of nitrogens with zero attached hydrogens (tertiary/aromatic N) is 1. The zero-order valence-corrected chi connectivity index (χ0v) is 13.9. The highest BCUT2D eigenvalue weighted by molar-refractivity contribution is 7.09. The topological polar surface area (TPSA) is 15.3 Å². The van der Waals surface area contributed by atoms with E-state index in [0.717, 1.165) is 26.2 Å². The zero-order chi connectivity index (χ0) is 14.1. The summed E-state index contributed by atoms with van der Waals surface area (Å²) < 4.78 is 0. The van der Waals surface area contributed by atoms with Crippen molar-refractivity contribution in [3.63, 3.8) is 0 Å². The van der Waals surface area contributed by atoms with Crippen LogP contribution in [0.4, 0.5) is 0 Å². The molecule has 0 saturated heterocycles. The molecule has 0 bridgehead atoms.